The summed E-state index contributed by atoms with van der Waals surface area (Å²) < 4.78 is 5.17. The average molecular weight is 456 g/mol. The molecule has 2 rings (SSSR count). The van der Waals surface area contributed by atoms with Gasteiger partial charge in [-0.3, -0.25) is 9.59 Å². The van der Waals surface area contributed by atoms with E-state index in [-0.39, 0.29) is 0 Å². The minimum absolute atomic E-state index is 0.296. The van der Waals surface area contributed by atoms with Gasteiger partial charge in [0.15, 0.2) is 6.04 Å². The quantitative estimate of drug-likeness (QED) is 0.386. The zero-order chi connectivity index (χ0) is 24.3. The van der Waals surface area contributed by atoms with Gasteiger partial charge in [-0.1, -0.05) is 36.4 Å². The van der Waals surface area contributed by atoms with Crippen molar-refractivity contribution in [1.29, 1.82) is 0 Å². The monoisotopic (exact) mass is 455 g/mol. The number of anilines is 2. The van der Waals surface area contributed by atoms with Crippen molar-refractivity contribution >= 4 is 29.3 Å². The van der Waals surface area contributed by atoms with Crippen molar-refractivity contribution < 1.29 is 19.1 Å². The maximum Gasteiger partial charge on any atom is 0.408 e. The summed E-state index contributed by atoms with van der Waals surface area (Å²) in [5, 5.41) is 8.77. The van der Waals surface area contributed by atoms with Gasteiger partial charge in [-0.2, -0.15) is 0 Å². The van der Waals surface area contributed by atoms with Crippen LogP contribution in [0.3, 0.4) is 0 Å². The molecule has 3 amide bonds. The second-order valence-electron chi connectivity index (χ2n) is 8.39. The van der Waals surface area contributed by atoms with Gasteiger partial charge in [-0.25, -0.2) is 4.79 Å². The van der Waals surface area contributed by atoms with E-state index in [0.29, 0.717) is 26.2 Å². The van der Waals surface area contributed by atoms with Crippen molar-refractivity contribution in [3.8, 4) is 0 Å². The minimum Gasteiger partial charge on any atom is -0.444 e. The number of carbonyl (C=O) groups is 3. The number of primary amides is 1. The van der Waals surface area contributed by atoms with Crippen LogP contribution in [0.4, 0.5) is 16.2 Å². The molecule has 0 saturated carbocycles. The van der Waals surface area contributed by atoms with E-state index in [9.17, 15) is 14.4 Å². The molecule has 33 heavy (non-hydrogen) atoms. The van der Waals surface area contributed by atoms with Gasteiger partial charge in [0.25, 0.3) is 5.91 Å². The van der Waals surface area contributed by atoms with Crippen molar-refractivity contribution in [2.24, 2.45) is 5.73 Å². The van der Waals surface area contributed by atoms with E-state index in [1.54, 1.807) is 20.8 Å². The number of nitrogens with two attached hydrogens (primary N) is 1. The molecule has 0 aliphatic carbocycles. The first kappa shape index (κ1) is 25.5. The summed E-state index contributed by atoms with van der Waals surface area (Å²) in [4.78, 5) is 38.8. The summed E-state index contributed by atoms with van der Waals surface area (Å²) in [5.74, 6) is -1.55. The highest BCUT2D eigenvalue weighted by atomic mass is 16.6. The second kappa shape index (κ2) is 12.3. The van der Waals surface area contributed by atoms with Crippen LogP contribution in [0.25, 0.3) is 0 Å². The van der Waals surface area contributed by atoms with Crippen LogP contribution in [-0.2, 0) is 14.3 Å². The maximum atomic E-state index is 13.2. The first-order valence-corrected chi connectivity index (χ1v) is 10.8. The lowest BCUT2D eigenvalue weighted by molar-refractivity contribution is -0.138. The minimum atomic E-state index is -1.53. The number of hydrogen-bond acceptors (Lipinski definition) is 6. The van der Waals surface area contributed by atoms with E-state index in [1.165, 1.54) is 4.90 Å². The van der Waals surface area contributed by atoms with Crippen LogP contribution in [-0.4, -0.2) is 60.6 Å². The van der Waals surface area contributed by atoms with E-state index in [1.807, 2.05) is 60.7 Å². The van der Waals surface area contributed by atoms with Gasteiger partial charge < -0.3 is 31.3 Å². The number of hydrogen-bond donors (Lipinski definition) is 4. The number of alkyl carbamates (subject to hydrolysis) is 1. The van der Waals surface area contributed by atoms with Gasteiger partial charge in [-0.05, 0) is 45.0 Å². The number of ether oxygens (including phenoxy) is 1. The van der Waals surface area contributed by atoms with Gasteiger partial charge in [0.1, 0.15) is 5.60 Å². The van der Waals surface area contributed by atoms with Crippen LogP contribution in [0.15, 0.2) is 60.7 Å². The molecule has 0 bridgehead atoms. The summed E-state index contributed by atoms with van der Waals surface area (Å²) in [5.41, 5.74) is 6.47. The maximum absolute atomic E-state index is 13.2. The lowest BCUT2D eigenvalue weighted by Crippen LogP contribution is -2.57. The van der Waals surface area contributed by atoms with E-state index in [2.05, 4.69) is 16.0 Å². The second-order valence-corrected chi connectivity index (χ2v) is 8.39. The Morgan fingerprint density at radius 3 is 1.73 bits per heavy atom. The third-order valence-electron chi connectivity index (χ3n) is 4.47. The molecule has 1 atom stereocenters. The fourth-order valence-corrected chi connectivity index (χ4v) is 2.98. The van der Waals surface area contributed by atoms with Gasteiger partial charge in [-0.15, -0.1) is 0 Å². The van der Waals surface area contributed by atoms with E-state index >= 15 is 0 Å². The van der Waals surface area contributed by atoms with Gasteiger partial charge >= 0.3 is 6.09 Å². The Morgan fingerprint density at radius 1 is 0.879 bits per heavy atom. The average Bonchev–Trinajstić information content (AvgIpc) is 2.76. The largest absolute Gasteiger partial charge is 0.444 e. The molecule has 0 aromatic heterocycles. The Kier molecular flexibility index (Phi) is 9.53. The molecule has 2 aromatic rings. The molecular formula is C24H33N5O4. The smallest absolute Gasteiger partial charge is 0.408 e. The predicted molar refractivity (Wildman–Crippen MR) is 129 cm³/mol. The fraction of sp³-hybridized carbons (Fsp3) is 0.375. The Balaban J connectivity index is 2.05. The van der Waals surface area contributed by atoms with E-state index < -0.39 is 29.6 Å². The number of amides is 3. The van der Waals surface area contributed by atoms with Crippen molar-refractivity contribution in [3.05, 3.63) is 60.7 Å². The van der Waals surface area contributed by atoms with Crippen LogP contribution in [0, 0.1) is 0 Å². The molecule has 178 valence electrons. The third kappa shape index (κ3) is 9.51. The molecule has 9 heteroatoms. The van der Waals surface area contributed by atoms with Crippen LogP contribution >= 0.6 is 0 Å². The number of para-hydroxylation sites is 2. The normalized spacial score (nSPS) is 11.7. The van der Waals surface area contributed by atoms with Crippen molar-refractivity contribution in [2.75, 3.05) is 36.8 Å². The van der Waals surface area contributed by atoms with Crippen LogP contribution in [0.2, 0.25) is 0 Å². The highest BCUT2D eigenvalue weighted by molar-refractivity contribution is 6.05. The fourth-order valence-electron chi connectivity index (χ4n) is 2.98. The Morgan fingerprint density at radius 2 is 1.33 bits per heavy atom. The van der Waals surface area contributed by atoms with Crippen LogP contribution in [0.5, 0.6) is 0 Å². The summed E-state index contributed by atoms with van der Waals surface area (Å²) in [7, 11) is 0. The summed E-state index contributed by atoms with van der Waals surface area (Å²) in [6, 6.07) is 17.6. The third-order valence-corrected chi connectivity index (χ3v) is 4.47. The Labute approximate surface area is 194 Å². The Hall–Kier alpha value is -3.75. The molecule has 0 fully saturated rings. The summed E-state index contributed by atoms with van der Waals surface area (Å²) in [6.07, 6.45) is -0.885. The molecule has 5 N–H and O–H groups in total. The summed E-state index contributed by atoms with van der Waals surface area (Å²) in [6.45, 7) is 6.53. The number of benzene rings is 2. The first-order chi connectivity index (χ1) is 15.7. The molecule has 0 saturated heterocycles. The van der Waals surface area contributed by atoms with Gasteiger partial charge in [0, 0.05) is 37.6 Å². The topological polar surface area (TPSA) is 126 Å². The van der Waals surface area contributed by atoms with Crippen molar-refractivity contribution in [3.63, 3.8) is 0 Å². The number of rotatable bonds is 11. The highest BCUT2D eigenvalue weighted by Crippen LogP contribution is 2.09. The lowest BCUT2D eigenvalue weighted by Gasteiger charge is -2.28. The zero-order valence-corrected chi connectivity index (χ0v) is 19.3. The molecular weight excluding hydrogens is 422 g/mol. The molecule has 0 radical (unpaired) electrons. The van der Waals surface area contributed by atoms with Crippen molar-refractivity contribution in [1.82, 2.24) is 10.2 Å². The van der Waals surface area contributed by atoms with Crippen LogP contribution < -0.4 is 21.7 Å². The summed E-state index contributed by atoms with van der Waals surface area (Å²) >= 11 is 0. The number of nitrogens with zero attached hydrogens (tertiary/aromatic N) is 1. The standard InChI is InChI=1S/C24H33N5O4/c1-24(2,3)33-23(32)28-20(21(25)30)22(31)29(16-14-26-18-10-6-4-7-11-18)17-15-27-19-12-8-5-9-13-19/h4-13,20,26-27H,14-17H2,1-3H3,(H2,25,30)(H,28,32). The molecule has 2 aromatic carbocycles. The predicted octanol–water partition coefficient (Wildman–Crippen LogP) is 2.42. The molecule has 0 aliphatic heterocycles. The van der Waals surface area contributed by atoms with Crippen LogP contribution in [0.1, 0.15) is 20.8 Å². The molecule has 0 spiro atoms. The SMILES string of the molecule is CC(C)(C)OC(=O)NC(C(N)=O)C(=O)N(CCNc1ccccc1)CCNc1ccccc1. The molecule has 1 unspecified atom stereocenters. The number of nitrogens with one attached hydrogen (secondary N) is 3. The highest BCUT2D eigenvalue weighted by Gasteiger charge is 2.32. The van der Waals surface area contributed by atoms with E-state index in [4.69, 9.17) is 10.5 Å². The lowest BCUT2D eigenvalue weighted by atomic mass is 10.2. The zero-order valence-electron chi connectivity index (χ0n) is 19.3. The Bertz CT molecular complexity index is 855. The number of carbonyl (C=O) groups excluding carboxylic acids is 3. The van der Waals surface area contributed by atoms with Gasteiger partial charge in [0.05, 0.1) is 0 Å². The van der Waals surface area contributed by atoms with Crippen molar-refractivity contribution in [2.45, 2.75) is 32.4 Å². The molecule has 0 aliphatic rings. The first-order valence-electron chi connectivity index (χ1n) is 10.8. The van der Waals surface area contributed by atoms with Gasteiger partial charge in [0.2, 0.25) is 5.91 Å². The molecule has 9 nitrogen and oxygen atoms in total. The molecule has 0 heterocycles. The van der Waals surface area contributed by atoms with E-state index in [0.717, 1.165) is 11.4 Å².